The number of para-hydroxylation sites is 1. The summed E-state index contributed by atoms with van der Waals surface area (Å²) in [5, 5.41) is 26.8. The van der Waals surface area contributed by atoms with Crippen LogP contribution in [0, 0.1) is 10.1 Å². The van der Waals surface area contributed by atoms with Gasteiger partial charge in [-0.3, -0.25) is 15.5 Å². The molecule has 0 fully saturated rings. The van der Waals surface area contributed by atoms with Crippen LogP contribution in [0.15, 0.2) is 47.6 Å². The van der Waals surface area contributed by atoms with Crippen molar-refractivity contribution in [1.29, 1.82) is 0 Å². The standard InChI is InChI=1S/C14H10N4O3S/c19-12-6-5-10(18(20)21)7-9(12)8-15-17-14-16-11-3-1-2-4-13(11)22-14/h1-8,19H,(H,16,17)/p-1/b15-8-. The molecule has 110 valence electrons. The zero-order valence-corrected chi connectivity index (χ0v) is 11.9. The summed E-state index contributed by atoms with van der Waals surface area (Å²) < 4.78 is 1.01. The lowest BCUT2D eigenvalue weighted by molar-refractivity contribution is -0.385. The van der Waals surface area contributed by atoms with E-state index < -0.39 is 4.92 Å². The zero-order chi connectivity index (χ0) is 15.5. The second-order valence-corrected chi connectivity index (χ2v) is 5.37. The van der Waals surface area contributed by atoms with E-state index in [1.165, 1.54) is 29.7 Å². The second-order valence-electron chi connectivity index (χ2n) is 4.34. The number of non-ortho nitro benzene ring substituents is 1. The number of anilines is 1. The number of hydrogen-bond donors (Lipinski definition) is 1. The van der Waals surface area contributed by atoms with Crippen molar-refractivity contribution < 1.29 is 10.0 Å². The van der Waals surface area contributed by atoms with Gasteiger partial charge in [-0.15, -0.1) is 0 Å². The van der Waals surface area contributed by atoms with E-state index in [1.54, 1.807) is 0 Å². The summed E-state index contributed by atoms with van der Waals surface area (Å²) in [7, 11) is 0. The molecule has 0 saturated heterocycles. The third-order valence-electron chi connectivity index (χ3n) is 2.86. The first-order valence-electron chi connectivity index (χ1n) is 6.23. The second kappa shape index (κ2) is 5.78. The SMILES string of the molecule is O=[N+]([O-])c1ccc([O-])c(/C=N\Nc2nc3ccccc3s2)c1. The molecule has 1 heterocycles. The minimum Gasteiger partial charge on any atom is -0.872 e. The first kappa shape index (κ1) is 14.0. The van der Waals surface area contributed by atoms with E-state index in [-0.39, 0.29) is 17.0 Å². The van der Waals surface area contributed by atoms with Crippen LogP contribution in [0.3, 0.4) is 0 Å². The van der Waals surface area contributed by atoms with Crippen LogP contribution in [-0.4, -0.2) is 16.1 Å². The van der Waals surface area contributed by atoms with Crippen molar-refractivity contribution in [3.8, 4) is 5.75 Å². The van der Waals surface area contributed by atoms with Crippen LogP contribution in [0.25, 0.3) is 10.2 Å². The Kier molecular flexibility index (Phi) is 3.67. The maximum atomic E-state index is 11.6. The predicted molar refractivity (Wildman–Crippen MR) is 83.4 cm³/mol. The molecule has 1 aromatic heterocycles. The molecule has 0 spiro atoms. The molecule has 0 aliphatic heterocycles. The number of nitrogens with one attached hydrogen (secondary N) is 1. The van der Waals surface area contributed by atoms with Gasteiger partial charge in [0.2, 0.25) is 5.13 Å². The van der Waals surface area contributed by atoms with Gasteiger partial charge in [-0.2, -0.15) is 5.10 Å². The molecular weight excluding hydrogens is 304 g/mol. The fourth-order valence-electron chi connectivity index (χ4n) is 1.83. The monoisotopic (exact) mass is 313 g/mol. The molecule has 2 aromatic carbocycles. The quantitative estimate of drug-likeness (QED) is 0.453. The maximum absolute atomic E-state index is 11.6. The normalized spacial score (nSPS) is 11.1. The molecular formula is C14H9N4O3S-. The molecule has 0 aliphatic rings. The summed E-state index contributed by atoms with van der Waals surface area (Å²) in [6, 6.07) is 11.1. The van der Waals surface area contributed by atoms with E-state index >= 15 is 0 Å². The summed E-state index contributed by atoms with van der Waals surface area (Å²) in [6.07, 6.45) is 1.25. The summed E-state index contributed by atoms with van der Waals surface area (Å²) in [4.78, 5) is 14.5. The van der Waals surface area contributed by atoms with Crippen LogP contribution in [0.5, 0.6) is 5.75 Å². The van der Waals surface area contributed by atoms with E-state index in [0.717, 1.165) is 16.3 Å². The Morgan fingerprint density at radius 1 is 1.27 bits per heavy atom. The molecule has 0 aliphatic carbocycles. The van der Waals surface area contributed by atoms with Crippen molar-refractivity contribution in [3.05, 3.63) is 58.1 Å². The minimum atomic E-state index is -0.558. The minimum absolute atomic E-state index is 0.141. The smallest absolute Gasteiger partial charge is 0.270 e. The lowest BCUT2D eigenvalue weighted by Gasteiger charge is -2.08. The Balaban J connectivity index is 1.79. The van der Waals surface area contributed by atoms with Crippen molar-refractivity contribution in [3.63, 3.8) is 0 Å². The number of hydrogen-bond acceptors (Lipinski definition) is 7. The fourth-order valence-corrected chi connectivity index (χ4v) is 2.64. The predicted octanol–water partition coefficient (Wildman–Crippen LogP) is 2.72. The third-order valence-corrected chi connectivity index (χ3v) is 3.80. The van der Waals surface area contributed by atoms with Crippen LogP contribution >= 0.6 is 11.3 Å². The van der Waals surface area contributed by atoms with Gasteiger partial charge in [0.25, 0.3) is 5.69 Å². The Labute approximate surface area is 128 Å². The molecule has 0 atom stereocenters. The van der Waals surface area contributed by atoms with E-state index in [4.69, 9.17) is 0 Å². The van der Waals surface area contributed by atoms with Gasteiger partial charge in [0, 0.05) is 12.1 Å². The topological polar surface area (TPSA) is 103 Å². The molecule has 0 bridgehead atoms. The van der Waals surface area contributed by atoms with Crippen LogP contribution in [-0.2, 0) is 0 Å². The highest BCUT2D eigenvalue weighted by Crippen LogP contribution is 2.25. The average Bonchev–Trinajstić information content (AvgIpc) is 2.91. The van der Waals surface area contributed by atoms with E-state index in [0.29, 0.717) is 5.13 Å². The van der Waals surface area contributed by atoms with Crippen LogP contribution < -0.4 is 10.5 Å². The molecule has 0 radical (unpaired) electrons. The molecule has 0 saturated carbocycles. The Bertz CT molecular complexity index is 842. The molecule has 3 rings (SSSR count). The highest BCUT2D eigenvalue weighted by Gasteiger charge is 2.05. The van der Waals surface area contributed by atoms with Gasteiger partial charge in [-0.05, 0) is 17.7 Å². The number of thiazole rings is 1. The molecule has 22 heavy (non-hydrogen) atoms. The van der Waals surface area contributed by atoms with Crippen LogP contribution in [0.2, 0.25) is 0 Å². The van der Waals surface area contributed by atoms with Crippen molar-refractivity contribution in [2.75, 3.05) is 5.43 Å². The first-order valence-corrected chi connectivity index (χ1v) is 7.05. The van der Waals surface area contributed by atoms with E-state index in [1.807, 2.05) is 24.3 Å². The van der Waals surface area contributed by atoms with Crippen molar-refractivity contribution >= 4 is 38.6 Å². The van der Waals surface area contributed by atoms with Crippen molar-refractivity contribution in [2.24, 2.45) is 5.10 Å². The molecule has 7 nitrogen and oxygen atoms in total. The molecule has 8 heteroatoms. The van der Waals surface area contributed by atoms with E-state index in [2.05, 4.69) is 15.5 Å². The number of nitrogens with zero attached hydrogens (tertiary/aromatic N) is 3. The van der Waals surface area contributed by atoms with Crippen molar-refractivity contribution in [1.82, 2.24) is 4.98 Å². The Hall–Kier alpha value is -3.00. The number of nitro benzene ring substituents is 1. The number of fused-ring (bicyclic) bond motifs is 1. The number of benzene rings is 2. The molecule has 0 unspecified atom stereocenters. The highest BCUT2D eigenvalue weighted by molar-refractivity contribution is 7.22. The van der Waals surface area contributed by atoms with Gasteiger partial charge < -0.3 is 5.11 Å². The third kappa shape index (κ3) is 2.86. The number of hydrazone groups is 1. The summed E-state index contributed by atoms with van der Waals surface area (Å²) in [5.41, 5.74) is 3.57. The molecule has 0 amide bonds. The fraction of sp³-hybridized carbons (Fsp3) is 0. The largest absolute Gasteiger partial charge is 0.872 e. The van der Waals surface area contributed by atoms with Crippen molar-refractivity contribution in [2.45, 2.75) is 0 Å². The first-order chi connectivity index (χ1) is 10.6. The Morgan fingerprint density at radius 3 is 2.86 bits per heavy atom. The lowest BCUT2D eigenvalue weighted by atomic mass is 10.2. The summed E-state index contributed by atoms with van der Waals surface area (Å²) in [5.74, 6) is -0.333. The average molecular weight is 313 g/mol. The van der Waals surface area contributed by atoms with Gasteiger partial charge in [0.15, 0.2) is 0 Å². The Morgan fingerprint density at radius 2 is 2.09 bits per heavy atom. The van der Waals surface area contributed by atoms with Crippen LogP contribution in [0.4, 0.5) is 10.8 Å². The van der Waals surface area contributed by atoms with Gasteiger partial charge in [-0.1, -0.05) is 35.3 Å². The molecule has 1 N–H and O–H groups in total. The maximum Gasteiger partial charge on any atom is 0.270 e. The summed E-state index contributed by atoms with van der Waals surface area (Å²) in [6.45, 7) is 0. The number of nitro groups is 1. The lowest BCUT2D eigenvalue weighted by Crippen LogP contribution is -1.99. The zero-order valence-electron chi connectivity index (χ0n) is 11.1. The van der Waals surface area contributed by atoms with Gasteiger partial charge in [-0.25, -0.2) is 4.98 Å². The summed E-state index contributed by atoms with van der Waals surface area (Å²) >= 11 is 1.42. The number of rotatable bonds is 4. The van der Waals surface area contributed by atoms with Gasteiger partial charge in [0.05, 0.1) is 21.4 Å². The van der Waals surface area contributed by atoms with Crippen LogP contribution in [0.1, 0.15) is 5.56 Å². The van der Waals surface area contributed by atoms with E-state index in [9.17, 15) is 15.2 Å². The molecule has 3 aromatic rings. The number of aromatic nitrogens is 1. The van der Waals surface area contributed by atoms with Gasteiger partial charge in [0.1, 0.15) is 0 Å². The highest BCUT2D eigenvalue weighted by atomic mass is 32.1. The van der Waals surface area contributed by atoms with Gasteiger partial charge >= 0.3 is 0 Å².